The second-order valence-electron chi connectivity index (χ2n) is 14.9. The van der Waals surface area contributed by atoms with Crippen molar-refractivity contribution in [1.29, 1.82) is 0 Å². The van der Waals surface area contributed by atoms with Gasteiger partial charge in [0.1, 0.15) is 17.8 Å². The summed E-state index contributed by atoms with van der Waals surface area (Å²) in [7, 11) is 0. The molecule has 5 rings (SSSR count). The standard InChI is InChI=1S/C42H51N5O6S/c1-5-6-7-8-9-22-53-32-18-14-28(15-19-32)30-25-43-38(44-26-30)29-12-10-27(11-13-29)23-33(46-40(50)35-20-21-36(54-35)42(2,3)4)39(49)47-34(41(51)52)24-37(48)45-31-16-17-31/h10-15,18-21,25-26,31,33-34H,5-9,16-17,22-24H2,1-4H3,(H,45,48)(H,46,50)(H,47,49)(H,51,52)/t33-,34-/m0/s1. The zero-order valence-corrected chi connectivity index (χ0v) is 32.3. The zero-order chi connectivity index (χ0) is 38.7. The quantitative estimate of drug-likeness (QED) is 0.0739. The topological polar surface area (TPSA) is 160 Å². The minimum atomic E-state index is -1.45. The average Bonchev–Trinajstić information content (AvgIpc) is 3.81. The molecule has 12 heteroatoms. The molecule has 0 bridgehead atoms. The highest BCUT2D eigenvalue weighted by atomic mass is 32.1. The Labute approximate surface area is 321 Å². The van der Waals surface area contributed by atoms with E-state index in [2.05, 4.69) is 53.6 Å². The first-order valence-corrected chi connectivity index (χ1v) is 19.6. The molecule has 0 unspecified atom stereocenters. The maximum atomic E-state index is 13.6. The van der Waals surface area contributed by atoms with Crippen LogP contribution in [0, 0.1) is 0 Å². The number of nitrogens with one attached hydrogen (secondary N) is 3. The smallest absolute Gasteiger partial charge is 0.326 e. The van der Waals surface area contributed by atoms with Crippen molar-refractivity contribution in [2.24, 2.45) is 0 Å². The van der Waals surface area contributed by atoms with Crippen molar-refractivity contribution in [3.8, 4) is 28.3 Å². The molecule has 0 aliphatic heterocycles. The van der Waals surface area contributed by atoms with Crippen molar-refractivity contribution in [3.05, 3.63) is 88.4 Å². The predicted octanol–water partition coefficient (Wildman–Crippen LogP) is 7.10. The van der Waals surface area contributed by atoms with Gasteiger partial charge in [0.15, 0.2) is 5.82 Å². The number of carboxylic acids is 1. The third-order valence-corrected chi connectivity index (χ3v) is 10.7. The number of carboxylic acid groups (broad SMARTS) is 1. The molecule has 1 aliphatic carbocycles. The number of hydrogen-bond donors (Lipinski definition) is 4. The molecule has 1 aliphatic rings. The summed E-state index contributed by atoms with van der Waals surface area (Å²) < 4.78 is 5.89. The third kappa shape index (κ3) is 12.0. The van der Waals surface area contributed by atoms with Gasteiger partial charge in [0.2, 0.25) is 11.8 Å². The third-order valence-electron chi connectivity index (χ3n) is 9.15. The SMILES string of the molecule is CCCCCCCOc1ccc(-c2cnc(-c3ccc(C[C@H](NC(=O)c4ccc(C(C)(C)C)s4)C(=O)N[C@@H](CC(=O)NC4CC4)C(=O)O)cc3)nc2)cc1. The number of aliphatic carboxylic acids is 1. The molecule has 11 nitrogen and oxygen atoms in total. The van der Waals surface area contributed by atoms with Crippen LogP contribution in [0.5, 0.6) is 5.75 Å². The van der Waals surface area contributed by atoms with Crippen LogP contribution in [0.1, 0.15) is 99.2 Å². The first-order chi connectivity index (χ1) is 25.9. The van der Waals surface area contributed by atoms with Crippen molar-refractivity contribution in [1.82, 2.24) is 25.9 Å². The number of thiophene rings is 1. The minimum absolute atomic E-state index is 0.0529. The van der Waals surface area contributed by atoms with Gasteiger partial charge >= 0.3 is 5.97 Å². The second kappa shape index (κ2) is 18.8. The Hall–Kier alpha value is -5.10. The number of unbranched alkanes of at least 4 members (excludes halogenated alkanes) is 4. The van der Waals surface area contributed by atoms with Gasteiger partial charge in [-0.3, -0.25) is 14.4 Å². The molecule has 0 spiro atoms. The monoisotopic (exact) mass is 753 g/mol. The average molecular weight is 754 g/mol. The van der Waals surface area contributed by atoms with Gasteiger partial charge in [0.25, 0.3) is 5.91 Å². The van der Waals surface area contributed by atoms with Crippen molar-refractivity contribution in [2.45, 2.75) is 109 Å². The van der Waals surface area contributed by atoms with Gasteiger partial charge in [-0.1, -0.05) is 89.8 Å². The number of aromatic nitrogens is 2. The normalized spacial score (nSPS) is 13.8. The highest BCUT2D eigenvalue weighted by Crippen LogP contribution is 2.30. The van der Waals surface area contributed by atoms with Crippen LogP contribution in [-0.4, -0.2) is 63.5 Å². The minimum Gasteiger partial charge on any atom is -0.494 e. The predicted molar refractivity (Wildman–Crippen MR) is 210 cm³/mol. The molecule has 2 aromatic heterocycles. The summed E-state index contributed by atoms with van der Waals surface area (Å²) in [5, 5.41) is 17.9. The fourth-order valence-corrected chi connectivity index (χ4v) is 6.73. The Bertz CT molecular complexity index is 1860. The zero-order valence-electron chi connectivity index (χ0n) is 31.5. The van der Waals surface area contributed by atoms with Crippen LogP contribution in [-0.2, 0) is 26.2 Å². The van der Waals surface area contributed by atoms with E-state index in [4.69, 9.17) is 4.74 Å². The van der Waals surface area contributed by atoms with Crippen LogP contribution in [0.15, 0.2) is 73.1 Å². The van der Waals surface area contributed by atoms with Crippen molar-refractivity contribution in [2.75, 3.05) is 6.61 Å². The van der Waals surface area contributed by atoms with Gasteiger partial charge in [-0.25, -0.2) is 14.8 Å². The lowest BCUT2D eigenvalue weighted by Crippen LogP contribution is -2.53. The van der Waals surface area contributed by atoms with E-state index >= 15 is 0 Å². The fourth-order valence-electron chi connectivity index (χ4n) is 5.76. The number of ether oxygens (including phenoxy) is 1. The molecule has 0 saturated heterocycles. The first-order valence-electron chi connectivity index (χ1n) is 18.8. The lowest BCUT2D eigenvalue weighted by molar-refractivity contribution is -0.143. The Morgan fingerprint density at radius 2 is 1.50 bits per heavy atom. The van der Waals surface area contributed by atoms with E-state index in [1.165, 1.54) is 37.0 Å². The van der Waals surface area contributed by atoms with Gasteiger partial charge in [-0.2, -0.15) is 0 Å². The number of carbonyl (C=O) groups excluding carboxylic acids is 3. The largest absolute Gasteiger partial charge is 0.494 e. The van der Waals surface area contributed by atoms with Crippen molar-refractivity contribution in [3.63, 3.8) is 0 Å². The molecule has 0 radical (unpaired) electrons. The summed E-state index contributed by atoms with van der Waals surface area (Å²) in [4.78, 5) is 62.1. The Kier molecular flexibility index (Phi) is 13.9. The summed E-state index contributed by atoms with van der Waals surface area (Å²) in [6.07, 6.45) is 10.9. The number of nitrogens with zero attached hydrogens (tertiary/aromatic N) is 2. The van der Waals surface area contributed by atoms with Crippen LogP contribution >= 0.6 is 11.3 Å². The first kappa shape index (κ1) is 40.1. The van der Waals surface area contributed by atoms with Crippen LogP contribution in [0.4, 0.5) is 0 Å². The summed E-state index contributed by atoms with van der Waals surface area (Å²) in [6.45, 7) is 9.07. The number of carbonyl (C=O) groups is 4. The molecule has 2 atom stereocenters. The summed E-state index contributed by atoms with van der Waals surface area (Å²) in [5.74, 6) is -1.57. The van der Waals surface area contributed by atoms with E-state index < -0.39 is 42.2 Å². The Morgan fingerprint density at radius 1 is 0.833 bits per heavy atom. The fraction of sp³-hybridized carbons (Fsp3) is 0.429. The summed E-state index contributed by atoms with van der Waals surface area (Å²) >= 11 is 1.34. The summed E-state index contributed by atoms with van der Waals surface area (Å²) in [5.41, 5.74) is 3.17. The van der Waals surface area contributed by atoms with Crippen LogP contribution in [0.2, 0.25) is 0 Å². The summed E-state index contributed by atoms with van der Waals surface area (Å²) in [6, 6.07) is 16.3. The molecular weight excluding hydrogens is 703 g/mol. The molecular formula is C42H51N5O6S. The van der Waals surface area contributed by atoms with E-state index in [0.717, 1.165) is 52.1 Å². The molecule has 4 N–H and O–H groups in total. The van der Waals surface area contributed by atoms with E-state index in [1.807, 2.05) is 54.6 Å². The molecule has 4 aromatic rings. The van der Waals surface area contributed by atoms with Crippen LogP contribution < -0.4 is 20.7 Å². The number of amides is 3. The molecule has 2 aromatic carbocycles. The van der Waals surface area contributed by atoms with Crippen LogP contribution in [0.3, 0.4) is 0 Å². The Morgan fingerprint density at radius 3 is 2.11 bits per heavy atom. The van der Waals surface area contributed by atoms with E-state index in [1.54, 1.807) is 18.5 Å². The molecule has 2 heterocycles. The van der Waals surface area contributed by atoms with Gasteiger partial charge in [-0.15, -0.1) is 11.3 Å². The van der Waals surface area contributed by atoms with Crippen LogP contribution in [0.25, 0.3) is 22.5 Å². The molecule has 1 saturated carbocycles. The van der Waals surface area contributed by atoms with E-state index in [0.29, 0.717) is 17.3 Å². The highest BCUT2D eigenvalue weighted by molar-refractivity contribution is 7.14. The molecule has 1 fully saturated rings. The van der Waals surface area contributed by atoms with E-state index in [-0.39, 0.29) is 17.9 Å². The highest BCUT2D eigenvalue weighted by Gasteiger charge is 2.31. The van der Waals surface area contributed by atoms with Crippen molar-refractivity contribution < 1.29 is 29.0 Å². The second-order valence-corrected chi connectivity index (χ2v) is 16.0. The molecule has 286 valence electrons. The molecule has 54 heavy (non-hydrogen) atoms. The van der Waals surface area contributed by atoms with Gasteiger partial charge < -0.3 is 25.8 Å². The van der Waals surface area contributed by atoms with Gasteiger partial charge in [-0.05, 0) is 60.1 Å². The van der Waals surface area contributed by atoms with E-state index in [9.17, 15) is 24.3 Å². The number of rotatable bonds is 19. The van der Waals surface area contributed by atoms with Gasteiger partial charge in [0.05, 0.1) is 17.9 Å². The molecule has 3 amide bonds. The lowest BCUT2D eigenvalue weighted by atomic mass is 9.95. The maximum Gasteiger partial charge on any atom is 0.326 e. The Balaban J connectivity index is 1.24. The number of hydrogen-bond acceptors (Lipinski definition) is 8. The van der Waals surface area contributed by atoms with Gasteiger partial charge in [0, 0.05) is 40.9 Å². The van der Waals surface area contributed by atoms with Crippen molar-refractivity contribution >= 4 is 35.0 Å². The lowest BCUT2D eigenvalue weighted by Gasteiger charge is -2.21. The number of benzene rings is 2. The maximum absolute atomic E-state index is 13.6.